The van der Waals surface area contributed by atoms with Crippen LogP contribution in [0.3, 0.4) is 0 Å². The van der Waals surface area contributed by atoms with E-state index in [1.54, 1.807) is 24.3 Å². The molecular formula is C26H30N2O4. The van der Waals surface area contributed by atoms with E-state index in [1.807, 2.05) is 26.0 Å². The molecule has 0 bridgehead atoms. The quantitative estimate of drug-likeness (QED) is 0.559. The van der Waals surface area contributed by atoms with Crippen molar-refractivity contribution in [2.24, 2.45) is 5.92 Å². The summed E-state index contributed by atoms with van der Waals surface area (Å²) in [6, 6.07) is 14.6. The summed E-state index contributed by atoms with van der Waals surface area (Å²) in [7, 11) is 1.31. The summed E-state index contributed by atoms with van der Waals surface area (Å²) in [6.07, 6.45) is 0. The summed E-state index contributed by atoms with van der Waals surface area (Å²) in [6.45, 7) is 8.17. The summed E-state index contributed by atoms with van der Waals surface area (Å²) in [5, 5.41) is 2.74. The van der Waals surface area contributed by atoms with Crippen LogP contribution in [0.4, 0.5) is 0 Å². The lowest BCUT2D eigenvalue weighted by Gasteiger charge is -2.26. The molecule has 3 rings (SSSR count). The van der Waals surface area contributed by atoms with Crippen molar-refractivity contribution in [1.82, 2.24) is 10.2 Å². The van der Waals surface area contributed by atoms with Crippen molar-refractivity contribution in [1.29, 1.82) is 0 Å². The molecule has 1 atom stereocenters. The Hall–Kier alpha value is -3.14. The Morgan fingerprint density at radius 1 is 1.00 bits per heavy atom. The summed E-state index contributed by atoms with van der Waals surface area (Å²) in [5.74, 6) is 5.46. The van der Waals surface area contributed by atoms with Crippen LogP contribution in [0.1, 0.15) is 40.9 Å². The van der Waals surface area contributed by atoms with Crippen LogP contribution < -0.4 is 5.32 Å². The second-order valence-electron chi connectivity index (χ2n) is 8.13. The summed E-state index contributed by atoms with van der Waals surface area (Å²) < 4.78 is 10.2. The van der Waals surface area contributed by atoms with Crippen molar-refractivity contribution in [3.05, 3.63) is 70.8 Å². The lowest BCUT2D eigenvalue weighted by Crippen LogP contribution is -2.45. The predicted octanol–water partition coefficient (Wildman–Crippen LogP) is 2.85. The monoisotopic (exact) mass is 434 g/mol. The van der Waals surface area contributed by atoms with Crippen molar-refractivity contribution in [2.45, 2.75) is 26.4 Å². The molecule has 168 valence electrons. The standard InChI is InChI=1S/C26H30N2O4/c1-19(2)24(26(30)31-3)27-25(29)23-12-10-21(11-13-23)5-4-20-6-8-22(9-7-20)18-28-14-16-32-17-15-28/h6-13,19,24H,14-18H2,1-3H3,(H,27,29)/t24-/m0/s1. The van der Waals surface area contributed by atoms with Crippen LogP contribution in [0.5, 0.6) is 0 Å². The van der Waals surface area contributed by atoms with Gasteiger partial charge in [0.1, 0.15) is 6.04 Å². The van der Waals surface area contributed by atoms with E-state index in [4.69, 9.17) is 9.47 Å². The highest BCUT2D eigenvalue weighted by molar-refractivity contribution is 5.96. The fourth-order valence-electron chi connectivity index (χ4n) is 3.41. The Morgan fingerprint density at radius 3 is 2.09 bits per heavy atom. The zero-order chi connectivity index (χ0) is 22.9. The minimum atomic E-state index is -0.682. The van der Waals surface area contributed by atoms with E-state index in [-0.39, 0.29) is 11.8 Å². The molecule has 2 aromatic rings. The third-order valence-corrected chi connectivity index (χ3v) is 5.37. The molecule has 2 aromatic carbocycles. The highest BCUT2D eigenvalue weighted by Crippen LogP contribution is 2.10. The second kappa shape index (κ2) is 11.5. The molecule has 0 radical (unpaired) electrons. The SMILES string of the molecule is COC(=O)[C@@H](NC(=O)c1ccc(C#Cc2ccc(CN3CCOCC3)cc2)cc1)C(C)C. The number of rotatable bonds is 6. The maximum Gasteiger partial charge on any atom is 0.328 e. The molecule has 0 aliphatic carbocycles. The Bertz CT molecular complexity index is 966. The molecule has 0 aromatic heterocycles. The molecule has 1 aliphatic heterocycles. The lowest BCUT2D eigenvalue weighted by molar-refractivity contribution is -0.144. The molecule has 1 fully saturated rings. The average molecular weight is 435 g/mol. The van der Waals surface area contributed by atoms with Gasteiger partial charge in [0.25, 0.3) is 5.91 Å². The molecule has 6 nitrogen and oxygen atoms in total. The molecule has 1 saturated heterocycles. The van der Waals surface area contributed by atoms with Gasteiger partial charge in [0.2, 0.25) is 0 Å². The Balaban J connectivity index is 1.58. The van der Waals surface area contributed by atoms with E-state index in [2.05, 4.69) is 34.2 Å². The van der Waals surface area contributed by atoms with Crippen molar-refractivity contribution < 1.29 is 19.1 Å². The third-order valence-electron chi connectivity index (χ3n) is 5.37. The van der Waals surface area contributed by atoms with Gasteiger partial charge in [-0.15, -0.1) is 0 Å². The number of nitrogens with zero attached hydrogens (tertiary/aromatic N) is 1. The van der Waals surface area contributed by atoms with Gasteiger partial charge in [-0.3, -0.25) is 9.69 Å². The lowest BCUT2D eigenvalue weighted by atomic mass is 10.0. The number of morpholine rings is 1. The third kappa shape index (κ3) is 6.68. The predicted molar refractivity (Wildman–Crippen MR) is 123 cm³/mol. The van der Waals surface area contributed by atoms with Crippen molar-refractivity contribution >= 4 is 11.9 Å². The summed E-state index contributed by atoms with van der Waals surface area (Å²) in [4.78, 5) is 26.7. The van der Waals surface area contributed by atoms with Crippen LogP contribution in [0.2, 0.25) is 0 Å². The molecule has 6 heteroatoms. The zero-order valence-electron chi connectivity index (χ0n) is 18.9. The highest BCUT2D eigenvalue weighted by atomic mass is 16.5. The molecule has 1 heterocycles. The van der Waals surface area contributed by atoms with E-state index >= 15 is 0 Å². The van der Waals surface area contributed by atoms with Crippen LogP contribution in [0.15, 0.2) is 48.5 Å². The van der Waals surface area contributed by atoms with E-state index in [0.29, 0.717) is 5.56 Å². The molecule has 0 unspecified atom stereocenters. The van der Waals surface area contributed by atoms with Crippen LogP contribution in [0, 0.1) is 17.8 Å². The van der Waals surface area contributed by atoms with E-state index in [1.165, 1.54) is 12.7 Å². The number of carbonyl (C=O) groups excluding carboxylic acids is 2. The Kier molecular flexibility index (Phi) is 8.43. The highest BCUT2D eigenvalue weighted by Gasteiger charge is 2.25. The number of carbonyl (C=O) groups is 2. The number of nitrogens with one attached hydrogen (secondary N) is 1. The van der Waals surface area contributed by atoms with Crippen LogP contribution in [-0.4, -0.2) is 56.2 Å². The van der Waals surface area contributed by atoms with Gasteiger partial charge in [0.05, 0.1) is 20.3 Å². The average Bonchev–Trinajstić information content (AvgIpc) is 2.82. The van der Waals surface area contributed by atoms with E-state index < -0.39 is 12.0 Å². The van der Waals surface area contributed by atoms with Crippen LogP contribution >= 0.6 is 0 Å². The largest absolute Gasteiger partial charge is 0.467 e. The fourth-order valence-corrected chi connectivity index (χ4v) is 3.41. The number of benzene rings is 2. The molecule has 32 heavy (non-hydrogen) atoms. The first-order valence-electron chi connectivity index (χ1n) is 10.9. The number of esters is 1. The van der Waals surface area contributed by atoms with Gasteiger partial charge in [-0.2, -0.15) is 0 Å². The van der Waals surface area contributed by atoms with Gasteiger partial charge in [-0.1, -0.05) is 37.8 Å². The van der Waals surface area contributed by atoms with Gasteiger partial charge in [0.15, 0.2) is 0 Å². The normalized spacial score (nSPS) is 14.9. The first-order chi connectivity index (χ1) is 15.5. The number of hydrogen-bond acceptors (Lipinski definition) is 5. The number of methoxy groups -OCH3 is 1. The van der Waals surface area contributed by atoms with E-state index in [9.17, 15) is 9.59 Å². The minimum Gasteiger partial charge on any atom is -0.467 e. The topological polar surface area (TPSA) is 67.9 Å². The molecule has 0 saturated carbocycles. The first kappa shape index (κ1) is 23.5. The molecule has 1 aliphatic rings. The van der Waals surface area contributed by atoms with Gasteiger partial charge >= 0.3 is 5.97 Å². The zero-order valence-corrected chi connectivity index (χ0v) is 18.9. The molecule has 1 amide bonds. The fraction of sp³-hybridized carbons (Fsp3) is 0.385. The van der Waals surface area contributed by atoms with Gasteiger partial charge in [-0.25, -0.2) is 4.79 Å². The van der Waals surface area contributed by atoms with Crippen molar-refractivity contribution in [3.63, 3.8) is 0 Å². The Morgan fingerprint density at radius 2 is 1.56 bits per heavy atom. The number of amides is 1. The van der Waals surface area contributed by atoms with Crippen LogP contribution in [-0.2, 0) is 20.8 Å². The molecule has 0 spiro atoms. The number of ether oxygens (including phenoxy) is 2. The maximum atomic E-state index is 12.5. The van der Waals surface area contributed by atoms with Crippen molar-refractivity contribution in [3.8, 4) is 11.8 Å². The Labute approximate surface area is 189 Å². The molecular weight excluding hydrogens is 404 g/mol. The molecule has 1 N–H and O–H groups in total. The van der Waals surface area contributed by atoms with Gasteiger partial charge in [0, 0.05) is 36.3 Å². The smallest absolute Gasteiger partial charge is 0.328 e. The minimum absolute atomic E-state index is 0.0724. The van der Waals surface area contributed by atoms with E-state index in [0.717, 1.165) is 44.0 Å². The first-order valence-corrected chi connectivity index (χ1v) is 10.9. The van der Waals surface area contributed by atoms with Crippen LogP contribution in [0.25, 0.3) is 0 Å². The summed E-state index contributed by atoms with van der Waals surface area (Å²) in [5.41, 5.74) is 3.49. The maximum absolute atomic E-state index is 12.5. The summed E-state index contributed by atoms with van der Waals surface area (Å²) >= 11 is 0. The van der Waals surface area contributed by atoms with Gasteiger partial charge < -0.3 is 14.8 Å². The van der Waals surface area contributed by atoms with Crippen molar-refractivity contribution in [2.75, 3.05) is 33.4 Å². The second-order valence-corrected chi connectivity index (χ2v) is 8.13. The number of hydrogen-bond donors (Lipinski definition) is 1. The van der Waals surface area contributed by atoms with Gasteiger partial charge in [-0.05, 0) is 47.9 Å².